The number of nitrogens with zero attached hydrogens (tertiary/aromatic N) is 1. The molecule has 0 heterocycles. The van der Waals surface area contributed by atoms with Gasteiger partial charge in [-0.2, -0.15) is 5.26 Å². The molecule has 1 N–H and O–H groups in total. The molecule has 3 heteroatoms. The molecule has 0 aliphatic heterocycles. The van der Waals surface area contributed by atoms with Crippen LogP contribution in [-0.2, 0) is 4.79 Å². The summed E-state index contributed by atoms with van der Waals surface area (Å²) >= 11 is 0. The molecule has 0 spiro atoms. The number of nitriles is 1. The lowest BCUT2D eigenvalue weighted by molar-refractivity contribution is -0.132. The van der Waals surface area contributed by atoms with Gasteiger partial charge in [-0.05, 0) is 24.6 Å². The van der Waals surface area contributed by atoms with E-state index in [2.05, 4.69) is 0 Å². The highest BCUT2D eigenvalue weighted by molar-refractivity contribution is 5.91. The molecule has 0 radical (unpaired) electrons. The fourth-order valence-corrected chi connectivity index (χ4v) is 1.02. The zero-order valence-corrected chi connectivity index (χ0v) is 7.69. The summed E-state index contributed by atoms with van der Waals surface area (Å²) in [5, 5.41) is 17.4. The molecule has 0 aromatic heterocycles. The Morgan fingerprint density at radius 2 is 2.14 bits per heavy atom. The molecule has 0 atom stereocenters. The van der Waals surface area contributed by atoms with Crippen LogP contribution in [0.25, 0.3) is 6.08 Å². The molecule has 1 rings (SSSR count). The fraction of sp³-hybridized carbons (Fsp3) is 0.0909. The van der Waals surface area contributed by atoms with Crippen LogP contribution in [0.5, 0.6) is 0 Å². The monoisotopic (exact) mass is 187 g/mol. The Morgan fingerprint density at radius 1 is 1.50 bits per heavy atom. The van der Waals surface area contributed by atoms with Crippen LogP contribution in [0.15, 0.2) is 29.8 Å². The Morgan fingerprint density at radius 3 is 2.71 bits per heavy atom. The molecule has 14 heavy (non-hydrogen) atoms. The number of carboxylic acids is 1. The molecule has 0 aliphatic rings. The van der Waals surface area contributed by atoms with Gasteiger partial charge in [0.25, 0.3) is 0 Å². The lowest BCUT2D eigenvalue weighted by Crippen LogP contribution is -1.96. The van der Waals surface area contributed by atoms with Crippen LogP contribution < -0.4 is 0 Å². The van der Waals surface area contributed by atoms with E-state index in [4.69, 9.17) is 10.4 Å². The van der Waals surface area contributed by atoms with E-state index in [0.29, 0.717) is 11.1 Å². The molecule has 1 aromatic rings. The topological polar surface area (TPSA) is 61.1 Å². The molecule has 0 saturated carbocycles. The minimum atomic E-state index is -0.974. The zero-order chi connectivity index (χ0) is 10.6. The molecule has 0 bridgehead atoms. The second kappa shape index (κ2) is 4.24. The standard InChI is InChI=1S/C11H9NO2/c1-8(11(13)14)6-9-4-2-3-5-10(9)7-12/h2-6H,1H3,(H,13,14)/b8-6+. The van der Waals surface area contributed by atoms with Gasteiger partial charge in [-0.1, -0.05) is 18.2 Å². The van der Waals surface area contributed by atoms with Crippen molar-refractivity contribution in [3.05, 3.63) is 41.0 Å². The van der Waals surface area contributed by atoms with Gasteiger partial charge in [-0.3, -0.25) is 0 Å². The lowest BCUT2D eigenvalue weighted by atomic mass is 10.1. The van der Waals surface area contributed by atoms with Gasteiger partial charge in [0.2, 0.25) is 0 Å². The van der Waals surface area contributed by atoms with Crippen molar-refractivity contribution in [3.63, 3.8) is 0 Å². The maximum Gasteiger partial charge on any atom is 0.331 e. The molecule has 1 aromatic carbocycles. The number of hydrogen-bond donors (Lipinski definition) is 1. The SMILES string of the molecule is C/C(=C\c1ccccc1C#N)C(=O)O. The highest BCUT2D eigenvalue weighted by atomic mass is 16.4. The van der Waals surface area contributed by atoms with E-state index in [1.807, 2.05) is 6.07 Å². The van der Waals surface area contributed by atoms with Gasteiger partial charge < -0.3 is 5.11 Å². The van der Waals surface area contributed by atoms with Gasteiger partial charge in [0.1, 0.15) is 0 Å². The predicted octanol–water partition coefficient (Wildman–Crippen LogP) is 2.05. The van der Waals surface area contributed by atoms with Crippen LogP contribution in [0.3, 0.4) is 0 Å². The van der Waals surface area contributed by atoms with E-state index < -0.39 is 5.97 Å². The summed E-state index contributed by atoms with van der Waals surface area (Å²) in [5.41, 5.74) is 1.33. The minimum absolute atomic E-state index is 0.215. The summed E-state index contributed by atoms with van der Waals surface area (Å²) < 4.78 is 0. The van der Waals surface area contributed by atoms with Gasteiger partial charge in [-0.15, -0.1) is 0 Å². The van der Waals surface area contributed by atoms with Crippen molar-refractivity contribution in [3.8, 4) is 6.07 Å². The highest BCUT2D eigenvalue weighted by Crippen LogP contribution is 2.11. The molecular weight excluding hydrogens is 178 g/mol. The van der Waals surface area contributed by atoms with Crippen molar-refractivity contribution in [2.24, 2.45) is 0 Å². The average molecular weight is 187 g/mol. The molecule has 0 unspecified atom stereocenters. The largest absolute Gasteiger partial charge is 0.478 e. The first-order valence-corrected chi connectivity index (χ1v) is 4.06. The van der Waals surface area contributed by atoms with Crippen LogP contribution in [0.2, 0.25) is 0 Å². The van der Waals surface area contributed by atoms with E-state index in [1.165, 1.54) is 13.0 Å². The van der Waals surface area contributed by atoms with E-state index in [0.717, 1.165) is 0 Å². The van der Waals surface area contributed by atoms with Crippen molar-refractivity contribution < 1.29 is 9.90 Å². The second-order valence-corrected chi connectivity index (χ2v) is 2.83. The number of carbonyl (C=O) groups is 1. The molecule has 0 saturated heterocycles. The van der Waals surface area contributed by atoms with Gasteiger partial charge in [0.05, 0.1) is 11.6 Å². The maximum atomic E-state index is 10.6. The highest BCUT2D eigenvalue weighted by Gasteiger charge is 2.02. The van der Waals surface area contributed by atoms with Crippen molar-refractivity contribution in [2.45, 2.75) is 6.92 Å². The Balaban J connectivity index is 3.15. The summed E-state index contributed by atoms with van der Waals surface area (Å²) in [5.74, 6) is -0.974. The third-order valence-electron chi connectivity index (χ3n) is 1.79. The quantitative estimate of drug-likeness (QED) is 0.720. The van der Waals surface area contributed by atoms with Crippen LogP contribution in [-0.4, -0.2) is 11.1 Å². The number of aliphatic carboxylic acids is 1. The number of benzene rings is 1. The Labute approximate surface area is 81.9 Å². The first-order valence-electron chi connectivity index (χ1n) is 4.06. The predicted molar refractivity (Wildman–Crippen MR) is 52.4 cm³/mol. The third kappa shape index (κ3) is 2.20. The van der Waals surface area contributed by atoms with E-state index in [9.17, 15) is 4.79 Å². The smallest absolute Gasteiger partial charge is 0.331 e. The Hall–Kier alpha value is -2.08. The van der Waals surface area contributed by atoms with E-state index >= 15 is 0 Å². The van der Waals surface area contributed by atoms with E-state index in [1.54, 1.807) is 24.3 Å². The summed E-state index contributed by atoms with van der Waals surface area (Å²) in [7, 11) is 0. The normalized spacial score (nSPS) is 10.7. The summed E-state index contributed by atoms with van der Waals surface area (Å²) in [4.78, 5) is 10.6. The Kier molecular flexibility index (Phi) is 3.03. The van der Waals surface area contributed by atoms with Gasteiger partial charge in [-0.25, -0.2) is 4.79 Å². The third-order valence-corrected chi connectivity index (χ3v) is 1.79. The van der Waals surface area contributed by atoms with Crippen molar-refractivity contribution in [1.29, 1.82) is 5.26 Å². The number of rotatable bonds is 2. The molecular formula is C11H9NO2. The summed E-state index contributed by atoms with van der Waals surface area (Å²) in [6.07, 6.45) is 1.49. The van der Waals surface area contributed by atoms with Crippen LogP contribution in [0.1, 0.15) is 18.1 Å². The molecule has 70 valence electrons. The van der Waals surface area contributed by atoms with Gasteiger partial charge >= 0.3 is 5.97 Å². The fourth-order valence-electron chi connectivity index (χ4n) is 1.02. The van der Waals surface area contributed by atoms with E-state index in [-0.39, 0.29) is 5.57 Å². The molecule has 0 amide bonds. The number of carboxylic acid groups (broad SMARTS) is 1. The second-order valence-electron chi connectivity index (χ2n) is 2.83. The first-order chi connectivity index (χ1) is 6.65. The zero-order valence-electron chi connectivity index (χ0n) is 7.69. The van der Waals surface area contributed by atoms with Crippen LogP contribution >= 0.6 is 0 Å². The van der Waals surface area contributed by atoms with Crippen molar-refractivity contribution in [1.82, 2.24) is 0 Å². The summed E-state index contributed by atoms with van der Waals surface area (Å²) in [6.45, 7) is 1.50. The summed E-state index contributed by atoms with van der Waals surface area (Å²) in [6, 6.07) is 8.88. The molecule has 0 fully saturated rings. The first kappa shape index (κ1) is 10.0. The maximum absolute atomic E-state index is 10.6. The average Bonchev–Trinajstić information content (AvgIpc) is 2.18. The van der Waals surface area contributed by atoms with Gasteiger partial charge in [0.15, 0.2) is 0 Å². The van der Waals surface area contributed by atoms with Gasteiger partial charge in [0, 0.05) is 5.57 Å². The Bertz CT molecular complexity index is 427. The molecule has 0 aliphatic carbocycles. The van der Waals surface area contributed by atoms with Crippen LogP contribution in [0, 0.1) is 11.3 Å². The van der Waals surface area contributed by atoms with Crippen LogP contribution in [0.4, 0.5) is 0 Å². The molecule has 3 nitrogen and oxygen atoms in total. The minimum Gasteiger partial charge on any atom is -0.478 e. The van der Waals surface area contributed by atoms with Crippen molar-refractivity contribution in [2.75, 3.05) is 0 Å². The van der Waals surface area contributed by atoms with Crippen molar-refractivity contribution >= 4 is 12.0 Å². The lowest BCUT2D eigenvalue weighted by Gasteiger charge is -1.97. The number of hydrogen-bond acceptors (Lipinski definition) is 2.